The standard InChI is InChI=1S/C14H17BrClN3OS/c1-2-3-8-19-14(20)13(16)11(9-18-19)17-7-6-10-4-5-12(15)21-10/h4-5,9,17H,2-3,6-8H2,1H3. The molecule has 4 nitrogen and oxygen atoms in total. The molecule has 2 aromatic heterocycles. The van der Waals surface area contributed by atoms with Crippen LogP contribution in [0.2, 0.25) is 5.02 Å². The first kappa shape index (κ1) is 16.5. The molecule has 0 amide bonds. The zero-order chi connectivity index (χ0) is 15.2. The minimum absolute atomic E-state index is 0.216. The van der Waals surface area contributed by atoms with Crippen molar-refractivity contribution in [1.29, 1.82) is 0 Å². The first-order chi connectivity index (χ1) is 10.1. The summed E-state index contributed by atoms with van der Waals surface area (Å²) in [4.78, 5) is 13.3. The van der Waals surface area contributed by atoms with Gasteiger partial charge < -0.3 is 5.32 Å². The lowest BCUT2D eigenvalue weighted by atomic mass is 10.3. The highest BCUT2D eigenvalue weighted by Crippen LogP contribution is 2.22. The summed E-state index contributed by atoms with van der Waals surface area (Å²) in [6, 6.07) is 4.11. The number of nitrogens with one attached hydrogen (secondary N) is 1. The summed E-state index contributed by atoms with van der Waals surface area (Å²) in [5.41, 5.74) is 0.374. The number of unbranched alkanes of at least 4 members (excludes halogenated alkanes) is 1. The summed E-state index contributed by atoms with van der Waals surface area (Å²) < 4.78 is 2.55. The van der Waals surface area contributed by atoms with Crippen molar-refractivity contribution in [2.24, 2.45) is 0 Å². The van der Waals surface area contributed by atoms with E-state index in [9.17, 15) is 4.79 Å². The molecular weight excluding hydrogens is 374 g/mol. The Morgan fingerprint density at radius 1 is 1.48 bits per heavy atom. The highest BCUT2D eigenvalue weighted by Gasteiger charge is 2.08. The molecule has 0 atom stereocenters. The number of aromatic nitrogens is 2. The lowest BCUT2D eigenvalue weighted by Crippen LogP contribution is -2.24. The van der Waals surface area contributed by atoms with Crippen molar-refractivity contribution in [2.75, 3.05) is 11.9 Å². The van der Waals surface area contributed by atoms with Gasteiger partial charge in [0.2, 0.25) is 0 Å². The van der Waals surface area contributed by atoms with Gasteiger partial charge in [0.15, 0.2) is 0 Å². The third-order valence-electron chi connectivity index (χ3n) is 3.02. The smallest absolute Gasteiger partial charge is 0.287 e. The minimum atomic E-state index is -0.228. The maximum atomic E-state index is 12.1. The second-order valence-corrected chi connectivity index (χ2v) is 7.56. The topological polar surface area (TPSA) is 46.9 Å². The lowest BCUT2D eigenvalue weighted by molar-refractivity contribution is 0.543. The molecule has 0 saturated heterocycles. The van der Waals surface area contributed by atoms with Gasteiger partial charge in [-0.1, -0.05) is 24.9 Å². The molecule has 0 fully saturated rings. The Kier molecular flexibility index (Phi) is 6.26. The molecule has 0 aliphatic heterocycles. The Bertz CT molecular complexity index is 656. The molecule has 2 aromatic rings. The molecule has 2 heterocycles. The summed E-state index contributed by atoms with van der Waals surface area (Å²) in [6.45, 7) is 3.40. The SMILES string of the molecule is CCCCn1ncc(NCCc2ccc(Br)s2)c(Cl)c1=O. The van der Waals surface area contributed by atoms with Gasteiger partial charge in [-0.25, -0.2) is 4.68 Å². The molecule has 0 radical (unpaired) electrons. The number of hydrogen-bond acceptors (Lipinski definition) is 4. The molecule has 0 saturated carbocycles. The Hall–Kier alpha value is -0.850. The van der Waals surface area contributed by atoms with Crippen LogP contribution in [0, 0.1) is 0 Å². The van der Waals surface area contributed by atoms with Gasteiger partial charge in [-0.3, -0.25) is 4.79 Å². The second kappa shape index (κ2) is 7.96. The normalized spacial score (nSPS) is 10.8. The number of halogens is 2. The van der Waals surface area contributed by atoms with Crippen molar-refractivity contribution in [3.8, 4) is 0 Å². The quantitative estimate of drug-likeness (QED) is 0.771. The maximum Gasteiger partial charge on any atom is 0.287 e. The minimum Gasteiger partial charge on any atom is -0.382 e. The van der Waals surface area contributed by atoms with Crippen LogP contribution in [0.15, 0.2) is 26.9 Å². The fraction of sp³-hybridized carbons (Fsp3) is 0.429. The number of rotatable bonds is 7. The van der Waals surface area contributed by atoms with Crippen molar-refractivity contribution in [2.45, 2.75) is 32.7 Å². The maximum absolute atomic E-state index is 12.1. The van der Waals surface area contributed by atoms with Crippen LogP contribution in [0.5, 0.6) is 0 Å². The number of aryl methyl sites for hydroxylation is 1. The van der Waals surface area contributed by atoms with Crippen molar-refractivity contribution in [3.63, 3.8) is 0 Å². The Labute approximate surface area is 141 Å². The zero-order valence-electron chi connectivity index (χ0n) is 11.7. The van der Waals surface area contributed by atoms with Gasteiger partial charge >= 0.3 is 0 Å². The zero-order valence-corrected chi connectivity index (χ0v) is 14.9. The van der Waals surface area contributed by atoms with E-state index in [1.807, 2.05) is 6.07 Å². The third kappa shape index (κ3) is 4.56. The van der Waals surface area contributed by atoms with Gasteiger partial charge in [0.25, 0.3) is 5.56 Å². The molecular formula is C14H17BrClN3OS. The van der Waals surface area contributed by atoms with Gasteiger partial charge in [0.05, 0.1) is 15.7 Å². The van der Waals surface area contributed by atoms with E-state index in [0.717, 1.165) is 23.0 Å². The number of nitrogens with zero attached hydrogens (tertiary/aromatic N) is 2. The van der Waals surface area contributed by atoms with Crippen LogP contribution in [0.25, 0.3) is 0 Å². The average molecular weight is 391 g/mol. The fourth-order valence-electron chi connectivity index (χ4n) is 1.86. The predicted octanol–water partition coefficient (Wildman–Crippen LogP) is 4.18. The molecule has 0 spiro atoms. The van der Waals surface area contributed by atoms with Crippen LogP contribution in [-0.4, -0.2) is 16.3 Å². The molecule has 2 rings (SSSR count). The molecule has 0 bridgehead atoms. The van der Waals surface area contributed by atoms with E-state index in [1.165, 1.54) is 9.56 Å². The molecule has 7 heteroatoms. The third-order valence-corrected chi connectivity index (χ3v) is 5.07. The van der Waals surface area contributed by atoms with Crippen molar-refractivity contribution in [1.82, 2.24) is 9.78 Å². The summed E-state index contributed by atoms with van der Waals surface area (Å²) in [5.74, 6) is 0. The highest BCUT2D eigenvalue weighted by molar-refractivity contribution is 9.11. The molecule has 21 heavy (non-hydrogen) atoms. The second-order valence-electron chi connectivity index (χ2n) is 4.64. The van der Waals surface area contributed by atoms with Crippen molar-refractivity contribution in [3.05, 3.63) is 42.4 Å². The van der Waals surface area contributed by atoms with Crippen LogP contribution in [0.3, 0.4) is 0 Å². The van der Waals surface area contributed by atoms with Gasteiger partial charge in [0, 0.05) is 18.0 Å². The van der Waals surface area contributed by atoms with E-state index in [2.05, 4.69) is 39.3 Å². The lowest BCUT2D eigenvalue weighted by Gasteiger charge is -2.09. The van der Waals surface area contributed by atoms with E-state index >= 15 is 0 Å². The molecule has 0 aromatic carbocycles. The van der Waals surface area contributed by atoms with Crippen LogP contribution in [0.1, 0.15) is 24.6 Å². The Morgan fingerprint density at radius 3 is 2.95 bits per heavy atom. The Morgan fingerprint density at radius 2 is 2.29 bits per heavy atom. The van der Waals surface area contributed by atoms with Gasteiger partial charge in [-0.05, 0) is 40.9 Å². The van der Waals surface area contributed by atoms with Crippen LogP contribution < -0.4 is 10.9 Å². The van der Waals surface area contributed by atoms with Crippen LogP contribution in [-0.2, 0) is 13.0 Å². The first-order valence-corrected chi connectivity index (χ1v) is 8.84. The Balaban J connectivity index is 1.97. The monoisotopic (exact) mass is 389 g/mol. The van der Waals surface area contributed by atoms with E-state index in [1.54, 1.807) is 17.5 Å². The number of hydrogen-bond donors (Lipinski definition) is 1. The van der Waals surface area contributed by atoms with Gasteiger partial charge in [-0.2, -0.15) is 5.10 Å². The number of anilines is 1. The van der Waals surface area contributed by atoms with Crippen molar-refractivity contribution < 1.29 is 0 Å². The fourth-order valence-corrected chi connectivity index (χ4v) is 3.56. The van der Waals surface area contributed by atoms with Crippen molar-refractivity contribution >= 4 is 44.6 Å². The average Bonchev–Trinajstić information content (AvgIpc) is 2.88. The summed E-state index contributed by atoms with van der Waals surface area (Å²) >= 11 is 11.3. The highest BCUT2D eigenvalue weighted by atomic mass is 79.9. The van der Waals surface area contributed by atoms with Gasteiger partial charge in [0.1, 0.15) is 5.02 Å². The molecule has 0 aliphatic carbocycles. The van der Waals surface area contributed by atoms with E-state index in [4.69, 9.17) is 11.6 Å². The van der Waals surface area contributed by atoms with Crippen LogP contribution >= 0.6 is 38.9 Å². The molecule has 1 N–H and O–H groups in total. The largest absolute Gasteiger partial charge is 0.382 e. The summed E-state index contributed by atoms with van der Waals surface area (Å²) in [5, 5.41) is 7.55. The first-order valence-electron chi connectivity index (χ1n) is 6.85. The van der Waals surface area contributed by atoms with E-state index < -0.39 is 0 Å². The molecule has 0 unspecified atom stereocenters. The number of thiophene rings is 1. The van der Waals surface area contributed by atoms with Gasteiger partial charge in [-0.15, -0.1) is 11.3 Å². The summed E-state index contributed by atoms with van der Waals surface area (Å²) in [7, 11) is 0. The molecule has 114 valence electrons. The predicted molar refractivity (Wildman–Crippen MR) is 92.6 cm³/mol. The van der Waals surface area contributed by atoms with E-state index in [0.29, 0.717) is 18.8 Å². The van der Waals surface area contributed by atoms with Crippen LogP contribution in [0.4, 0.5) is 5.69 Å². The molecule has 0 aliphatic rings. The van der Waals surface area contributed by atoms with E-state index in [-0.39, 0.29) is 10.6 Å². The summed E-state index contributed by atoms with van der Waals surface area (Å²) in [6.07, 6.45) is 4.45.